The molecular formula is C9H11NO. The van der Waals surface area contributed by atoms with E-state index in [0.717, 1.165) is 5.56 Å². The molecule has 0 unspecified atom stereocenters. The summed E-state index contributed by atoms with van der Waals surface area (Å²) in [6, 6.07) is 7.30. The molecule has 0 saturated heterocycles. The van der Waals surface area contributed by atoms with Crippen molar-refractivity contribution in [1.29, 1.82) is 0 Å². The maximum atomic E-state index is 8.74. The molecule has 0 aliphatic heterocycles. The van der Waals surface area contributed by atoms with Gasteiger partial charge in [-0.2, -0.15) is 0 Å². The monoisotopic (exact) mass is 149 g/mol. The van der Waals surface area contributed by atoms with Gasteiger partial charge in [-0.15, -0.1) is 0 Å². The number of hydrogen-bond donors (Lipinski definition) is 2. The van der Waals surface area contributed by atoms with Crippen LogP contribution in [0.15, 0.2) is 30.8 Å². The fourth-order valence-corrected chi connectivity index (χ4v) is 0.850. The molecular weight excluding hydrogens is 138 g/mol. The molecule has 0 bridgehead atoms. The zero-order valence-corrected chi connectivity index (χ0v) is 6.25. The first-order chi connectivity index (χ1) is 5.24. The van der Waals surface area contributed by atoms with Gasteiger partial charge in [0.25, 0.3) is 0 Å². The lowest BCUT2D eigenvalue weighted by Crippen LogP contribution is -1.90. The van der Waals surface area contributed by atoms with E-state index in [1.54, 1.807) is 12.1 Å². The number of aliphatic hydroxyl groups excluding tert-OH is 1. The second kappa shape index (κ2) is 3.21. The molecule has 1 rings (SSSR count). The summed E-state index contributed by atoms with van der Waals surface area (Å²) in [4.78, 5) is 0. The van der Waals surface area contributed by atoms with E-state index in [2.05, 4.69) is 6.58 Å². The lowest BCUT2D eigenvalue weighted by atomic mass is 10.1. The Morgan fingerprint density at radius 2 is 2.27 bits per heavy atom. The van der Waals surface area contributed by atoms with Crippen LogP contribution in [0.25, 0.3) is 5.57 Å². The highest BCUT2D eigenvalue weighted by molar-refractivity contribution is 5.66. The van der Waals surface area contributed by atoms with E-state index >= 15 is 0 Å². The summed E-state index contributed by atoms with van der Waals surface area (Å²) in [7, 11) is 0. The molecule has 0 amide bonds. The minimum Gasteiger partial charge on any atom is -0.399 e. The van der Waals surface area contributed by atoms with Crippen molar-refractivity contribution in [1.82, 2.24) is 0 Å². The summed E-state index contributed by atoms with van der Waals surface area (Å²) < 4.78 is 0. The van der Waals surface area contributed by atoms with Gasteiger partial charge >= 0.3 is 0 Å². The number of nitrogens with two attached hydrogens (primary N) is 1. The van der Waals surface area contributed by atoms with Crippen LogP contribution in [0.1, 0.15) is 5.56 Å². The third-order valence-corrected chi connectivity index (χ3v) is 1.49. The maximum absolute atomic E-state index is 8.74. The van der Waals surface area contributed by atoms with Gasteiger partial charge in [0.05, 0.1) is 6.61 Å². The molecule has 2 heteroatoms. The number of benzene rings is 1. The number of hydrogen-bond acceptors (Lipinski definition) is 2. The number of anilines is 1. The molecule has 2 nitrogen and oxygen atoms in total. The van der Waals surface area contributed by atoms with Gasteiger partial charge in [-0.3, -0.25) is 0 Å². The van der Waals surface area contributed by atoms with Crippen molar-refractivity contribution < 1.29 is 5.11 Å². The van der Waals surface area contributed by atoms with Crippen molar-refractivity contribution in [3.63, 3.8) is 0 Å². The van der Waals surface area contributed by atoms with E-state index in [0.29, 0.717) is 11.3 Å². The van der Waals surface area contributed by atoms with E-state index in [1.807, 2.05) is 12.1 Å². The van der Waals surface area contributed by atoms with E-state index in [-0.39, 0.29) is 6.61 Å². The van der Waals surface area contributed by atoms with Crippen molar-refractivity contribution in [3.8, 4) is 0 Å². The van der Waals surface area contributed by atoms with Crippen molar-refractivity contribution in [3.05, 3.63) is 36.4 Å². The Labute approximate surface area is 66.0 Å². The fourth-order valence-electron chi connectivity index (χ4n) is 0.850. The average Bonchev–Trinajstić information content (AvgIpc) is 2.03. The second-order valence-electron chi connectivity index (χ2n) is 2.39. The Kier molecular flexibility index (Phi) is 2.28. The summed E-state index contributed by atoms with van der Waals surface area (Å²) in [6.45, 7) is 3.65. The summed E-state index contributed by atoms with van der Waals surface area (Å²) in [5, 5.41) is 8.74. The average molecular weight is 149 g/mol. The Morgan fingerprint density at radius 1 is 1.55 bits per heavy atom. The normalized spacial score (nSPS) is 9.55. The van der Waals surface area contributed by atoms with Crippen LogP contribution in [-0.2, 0) is 0 Å². The topological polar surface area (TPSA) is 46.2 Å². The molecule has 0 saturated carbocycles. The SMILES string of the molecule is C=C(CO)c1cccc(N)c1. The molecule has 0 radical (unpaired) electrons. The van der Waals surface area contributed by atoms with Gasteiger partial charge in [-0.05, 0) is 23.3 Å². The summed E-state index contributed by atoms with van der Waals surface area (Å²) in [5.41, 5.74) is 7.81. The number of nitrogen functional groups attached to an aromatic ring is 1. The highest BCUT2D eigenvalue weighted by Gasteiger charge is 1.95. The van der Waals surface area contributed by atoms with Gasteiger partial charge < -0.3 is 10.8 Å². The van der Waals surface area contributed by atoms with Crippen LogP contribution in [0.2, 0.25) is 0 Å². The van der Waals surface area contributed by atoms with Gasteiger partial charge in [-0.25, -0.2) is 0 Å². The van der Waals surface area contributed by atoms with Crippen molar-refractivity contribution in [2.75, 3.05) is 12.3 Å². The van der Waals surface area contributed by atoms with Crippen molar-refractivity contribution >= 4 is 11.3 Å². The van der Waals surface area contributed by atoms with Crippen molar-refractivity contribution in [2.24, 2.45) is 0 Å². The van der Waals surface area contributed by atoms with Gasteiger partial charge in [0.2, 0.25) is 0 Å². The third-order valence-electron chi connectivity index (χ3n) is 1.49. The van der Waals surface area contributed by atoms with Crippen LogP contribution in [-0.4, -0.2) is 11.7 Å². The van der Waals surface area contributed by atoms with Gasteiger partial charge in [0.15, 0.2) is 0 Å². The summed E-state index contributed by atoms with van der Waals surface area (Å²) in [6.07, 6.45) is 0. The van der Waals surface area contributed by atoms with Gasteiger partial charge in [0.1, 0.15) is 0 Å². The Balaban J connectivity index is 2.96. The number of rotatable bonds is 2. The Hall–Kier alpha value is -1.28. The van der Waals surface area contributed by atoms with Crippen LogP contribution >= 0.6 is 0 Å². The number of aliphatic hydroxyl groups is 1. The maximum Gasteiger partial charge on any atom is 0.0681 e. The van der Waals surface area contributed by atoms with E-state index in [1.165, 1.54) is 0 Å². The molecule has 0 atom stereocenters. The summed E-state index contributed by atoms with van der Waals surface area (Å²) in [5.74, 6) is 0. The smallest absolute Gasteiger partial charge is 0.0681 e. The largest absolute Gasteiger partial charge is 0.399 e. The first-order valence-corrected chi connectivity index (χ1v) is 3.38. The van der Waals surface area contributed by atoms with Crippen molar-refractivity contribution in [2.45, 2.75) is 0 Å². The molecule has 1 aromatic carbocycles. The first kappa shape index (κ1) is 7.82. The predicted molar refractivity (Wildman–Crippen MR) is 47.0 cm³/mol. The molecule has 0 fully saturated rings. The molecule has 11 heavy (non-hydrogen) atoms. The highest BCUT2D eigenvalue weighted by Crippen LogP contribution is 2.13. The van der Waals surface area contributed by atoms with Crippen LogP contribution < -0.4 is 5.73 Å². The van der Waals surface area contributed by atoms with Crippen LogP contribution in [0.4, 0.5) is 5.69 Å². The molecule has 0 aliphatic rings. The molecule has 0 heterocycles. The lowest BCUT2D eigenvalue weighted by Gasteiger charge is -2.01. The minimum absolute atomic E-state index is 0.0244. The Bertz CT molecular complexity index is 268. The van der Waals surface area contributed by atoms with Crippen LogP contribution in [0.3, 0.4) is 0 Å². The van der Waals surface area contributed by atoms with Gasteiger partial charge in [-0.1, -0.05) is 18.7 Å². The zero-order chi connectivity index (χ0) is 8.27. The van der Waals surface area contributed by atoms with E-state index < -0.39 is 0 Å². The first-order valence-electron chi connectivity index (χ1n) is 3.38. The standard InChI is InChI=1S/C9H11NO/c1-7(6-11)8-3-2-4-9(10)5-8/h2-5,11H,1,6,10H2. The Morgan fingerprint density at radius 3 is 2.82 bits per heavy atom. The summed E-state index contributed by atoms with van der Waals surface area (Å²) >= 11 is 0. The van der Waals surface area contributed by atoms with E-state index in [9.17, 15) is 0 Å². The molecule has 3 N–H and O–H groups in total. The predicted octanol–water partition coefficient (Wildman–Crippen LogP) is 1.27. The zero-order valence-electron chi connectivity index (χ0n) is 6.25. The molecule has 0 aliphatic carbocycles. The fraction of sp³-hybridized carbons (Fsp3) is 0.111. The van der Waals surface area contributed by atoms with Gasteiger partial charge in [0, 0.05) is 5.69 Å². The minimum atomic E-state index is -0.0244. The van der Waals surface area contributed by atoms with Crippen LogP contribution in [0.5, 0.6) is 0 Å². The molecule has 58 valence electrons. The quantitative estimate of drug-likeness (QED) is 0.622. The molecule has 1 aromatic rings. The third kappa shape index (κ3) is 1.82. The lowest BCUT2D eigenvalue weighted by molar-refractivity contribution is 0.350. The van der Waals surface area contributed by atoms with E-state index in [4.69, 9.17) is 10.8 Å². The highest BCUT2D eigenvalue weighted by atomic mass is 16.3. The molecule has 0 spiro atoms. The molecule has 0 aromatic heterocycles. The van der Waals surface area contributed by atoms with Crippen LogP contribution in [0, 0.1) is 0 Å². The second-order valence-corrected chi connectivity index (χ2v) is 2.39.